The first-order chi connectivity index (χ1) is 8.16. The second kappa shape index (κ2) is 5.36. The molecule has 0 aromatic carbocycles. The molecule has 0 spiro atoms. The van der Waals surface area contributed by atoms with Crippen molar-refractivity contribution in [2.24, 2.45) is 11.3 Å². The average Bonchev–Trinajstić information content (AvgIpc) is 2.65. The SMILES string of the molecule is CC(Cn1cnc(S(=O)(=O)CCO)n1)C(C)(C)C. The second-order valence-electron chi connectivity index (χ2n) is 5.56. The molecule has 0 bridgehead atoms. The number of sulfone groups is 1. The lowest BCUT2D eigenvalue weighted by molar-refractivity contribution is 0.224. The smallest absolute Gasteiger partial charge is 0.266 e. The monoisotopic (exact) mass is 275 g/mol. The standard InChI is InChI=1S/C11H21N3O3S/c1-9(11(2,3)4)7-14-8-12-10(13-14)18(16,17)6-5-15/h8-9,15H,5-7H2,1-4H3. The summed E-state index contributed by atoms with van der Waals surface area (Å²) in [7, 11) is -3.55. The third-order valence-electron chi connectivity index (χ3n) is 3.09. The van der Waals surface area contributed by atoms with Crippen molar-refractivity contribution in [2.75, 3.05) is 12.4 Å². The Morgan fingerprint density at radius 2 is 2.06 bits per heavy atom. The van der Waals surface area contributed by atoms with Crippen LogP contribution >= 0.6 is 0 Å². The molecule has 0 aliphatic heterocycles. The highest BCUT2D eigenvalue weighted by Crippen LogP contribution is 2.26. The average molecular weight is 275 g/mol. The van der Waals surface area contributed by atoms with Crippen LogP contribution in [0.3, 0.4) is 0 Å². The summed E-state index contributed by atoms with van der Waals surface area (Å²) < 4.78 is 24.8. The van der Waals surface area contributed by atoms with Crippen LogP contribution in [0, 0.1) is 11.3 Å². The summed E-state index contributed by atoms with van der Waals surface area (Å²) in [6, 6.07) is 0. The molecule has 1 atom stereocenters. The van der Waals surface area contributed by atoms with Gasteiger partial charge in [-0.25, -0.2) is 13.4 Å². The summed E-state index contributed by atoms with van der Waals surface area (Å²) in [6.45, 7) is 8.65. The van der Waals surface area contributed by atoms with Crippen LogP contribution < -0.4 is 0 Å². The van der Waals surface area contributed by atoms with Gasteiger partial charge in [0.15, 0.2) is 0 Å². The maximum atomic E-state index is 11.6. The zero-order valence-corrected chi connectivity index (χ0v) is 12.1. The van der Waals surface area contributed by atoms with E-state index in [1.54, 1.807) is 4.68 Å². The molecule has 1 unspecified atom stereocenters. The van der Waals surface area contributed by atoms with E-state index in [2.05, 4.69) is 37.8 Å². The van der Waals surface area contributed by atoms with E-state index in [-0.39, 0.29) is 16.3 Å². The Bertz CT molecular complexity index is 488. The van der Waals surface area contributed by atoms with Gasteiger partial charge in [-0.15, -0.1) is 5.10 Å². The maximum absolute atomic E-state index is 11.6. The van der Waals surface area contributed by atoms with E-state index in [1.807, 2.05) is 0 Å². The maximum Gasteiger partial charge on any atom is 0.266 e. The van der Waals surface area contributed by atoms with E-state index in [9.17, 15) is 8.42 Å². The van der Waals surface area contributed by atoms with Gasteiger partial charge in [0, 0.05) is 6.54 Å². The van der Waals surface area contributed by atoms with Gasteiger partial charge in [0.25, 0.3) is 5.16 Å². The minimum atomic E-state index is -3.55. The van der Waals surface area contributed by atoms with E-state index in [0.717, 1.165) is 0 Å². The van der Waals surface area contributed by atoms with Crippen molar-refractivity contribution in [3.63, 3.8) is 0 Å². The Balaban J connectivity index is 2.82. The van der Waals surface area contributed by atoms with Gasteiger partial charge in [-0.1, -0.05) is 27.7 Å². The van der Waals surface area contributed by atoms with Crippen LogP contribution in [-0.2, 0) is 16.4 Å². The van der Waals surface area contributed by atoms with Crippen molar-refractivity contribution in [2.45, 2.75) is 39.4 Å². The van der Waals surface area contributed by atoms with Crippen molar-refractivity contribution in [1.82, 2.24) is 14.8 Å². The first-order valence-corrected chi connectivity index (χ1v) is 7.55. The van der Waals surface area contributed by atoms with Crippen LogP contribution in [0.25, 0.3) is 0 Å². The fourth-order valence-corrected chi connectivity index (χ4v) is 2.13. The molecule has 1 aromatic heterocycles. The molecule has 1 N–H and O–H groups in total. The topological polar surface area (TPSA) is 85.1 Å². The minimum absolute atomic E-state index is 0.121. The molecule has 0 radical (unpaired) electrons. The molecule has 0 saturated carbocycles. The van der Waals surface area contributed by atoms with Crippen LogP contribution in [0.1, 0.15) is 27.7 Å². The molecular weight excluding hydrogens is 254 g/mol. The molecule has 1 rings (SSSR count). The summed E-state index contributed by atoms with van der Waals surface area (Å²) in [4.78, 5) is 3.79. The molecule has 1 heterocycles. The molecule has 0 fully saturated rings. The van der Waals surface area contributed by atoms with Crippen LogP contribution in [0.2, 0.25) is 0 Å². The molecule has 6 nitrogen and oxygen atoms in total. The lowest BCUT2D eigenvalue weighted by Gasteiger charge is -2.26. The fourth-order valence-electron chi connectivity index (χ4n) is 1.27. The number of rotatable bonds is 5. The van der Waals surface area contributed by atoms with Crippen molar-refractivity contribution >= 4 is 9.84 Å². The molecular formula is C11H21N3O3S. The van der Waals surface area contributed by atoms with Gasteiger partial charge in [0.2, 0.25) is 9.84 Å². The Hall–Kier alpha value is -0.950. The minimum Gasteiger partial charge on any atom is -0.395 e. The number of nitrogens with zero attached hydrogens (tertiary/aromatic N) is 3. The first kappa shape index (κ1) is 15.1. The van der Waals surface area contributed by atoms with Gasteiger partial charge in [0.05, 0.1) is 12.4 Å². The van der Waals surface area contributed by atoms with Crippen molar-refractivity contribution < 1.29 is 13.5 Å². The predicted molar refractivity (Wildman–Crippen MR) is 67.8 cm³/mol. The second-order valence-corrected chi connectivity index (χ2v) is 7.56. The number of hydrogen-bond donors (Lipinski definition) is 1. The van der Waals surface area contributed by atoms with Crippen LogP contribution in [0.4, 0.5) is 0 Å². The van der Waals surface area contributed by atoms with Gasteiger partial charge in [-0.05, 0) is 11.3 Å². The molecule has 7 heteroatoms. The van der Waals surface area contributed by atoms with Crippen LogP contribution in [-0.4, -0.2) is 40.6 Å². The van der Waals surface area contributed by atoms with E-state index in [4.69, 9.17) is 5.11 Å². The molecule has 104 valence electrons. The van der Waals surface area contributed by atoms with Crippen LogP contribution in [0.15, 0.2) is 11.5 Å². The quantitative estimate of drug-likeness (QED) is 0.856. The fraction of sp³-hybridized carbons (Fsp3) is 0.818. The van der Waals surface area contributed by atoms with Gasteiger partial charge < -0.3 is 5.11 Å². The Labute approximate surface area is 108 Å². The summed E-state index contributed by atoms with van der Waals surface area (Å²) in [6.07, 6.45) is 1.42. The molecule has 0 saturated heterocycles. The number of aliphatic hydroxyl groups excluding tert-OH is 1. The number of hydrogen-bond acceptors (Lipinski definition) is 5. The van der Waals surface area contributed by atoms with Gasteiger partial charge in [-0.2, -0.15) is 0 Å². The van der Waals surface area contributed by atoms with Gasteiger partial charge in [-0.3, -0.25) is 4.68 Å². The molecule has 18 heavy (non-hydrogen) atoms. The lowest BCUT2D eigenvalue weighted by Crippen LogP contribution is -2.23. The highest BCUT2D eigenvalue weighted by atomic mass is 32.2. The third kappa shape index (κ3) is 3.78. The van der Waals surface area contributed by atoms with E-state index >= 15 is 0 Å². The molecule has 0 amide bonds. The van der Waals surface area contributed by atoms with Gasteiger partial charge >= 0.3 is 0 Å². The Kier molecular flexibility index (Phi) is 4.50. The van der Waals surface area contributed by atoms with E-state index < -0.39 is 16.4 Å². The number of aliphatic hydroxyl groups is 1. The summed E-state index contributed by atoms with van der Waals surface area (Å²) in [5, 5.41) is 12.4. The third-order valence-corrected chi connectivity index (χ3v) is 4.56. The van der Waals surface area contributed by atoms with E-state index in [0.29, 0.717) is 12.5 Å². The van der Waals surface area contributed by atoms with Crippen molar-refractivity contribution in [3.05, 3.63) is 6.33 Å². The molecule has 0 aliphatic rings. The normalized spacial score (nSPS) is 14.7. The van der Waals surface area contributed by atoms with Crippen LogP contribution in [0.5, 0.6) is 0 Å². The summed E-state index contributed by atoms with van der Waals surface area (Å²) in [5.41, 5.74) is 0.121. The largest absolute Gasteiger partial charge is 0.395 e. The highest BCUT2D eigenvalue weighted by molar-refractivity contribution is 7.91. The summed E-state index contributed by atoms with van der Waals surface area (Å²) >= 11 is 0. The predicted octanol–water partition coefficient (Wildman–Crippen LogP) is 0.726. The Morgan fingerprint density at radius 1 is 1.44 bits per heavy atom. The lowest BCUT2D eigenvalue weighted by atomic mass is 9.82. The first-order valence-electron chi connectivity index (χ1n) is 5.90. The number of aromatic nitrogens is 3. The Morgan fingerprint density at radius 3 is 2.56 bits per heavy atom. The molecule has 1 aromatic rings. The van der Waals surface area contributed by atoms with Gasteiger partial charge in [0.1, 0.15) is 6.33 Å². The zero-order valence-electron chi connectivity index (χ0n) is 11.3. The summed E-state index contributed by atoms with van der Waals surface area (Å²) in [5.74, 6) is -0.00106. The zero-order chi connectivity index (χ0) is 14.0. The van der Waals surface area contributed by atoms with E-state index in [1.165, 1.54) is 6.33 Å². The highest BCUT2D eigenvalue weighted by Gasteiger charge is 2.23. The molecule has 0 aliphatic carbocycles. The van der Waals surface area contributed by atoms with Crippen molar-refractivity contribution in [3.8, 4) is 0 Å². The van der Waals surface area contributed by atoms with Crippen molar-refractivity contribution in [1.29, 1.82) is 0 Å².